The highest BCUT2D eigenvalue weighted by Gasteiger charge is 2.48. The standard InChI is InChI=1S/C26H22O4/c1-3-7-17-15-19(11-13-23(17)27)26(20-12-14-24(28)18(16-20)8-4-2)22-10-6-5-9-21(22)25(29)30-26/h3-6,9-16,27-28H,1-2,7-8H2. The fourth-order valence-electron chi connectivity index (χ4n) is 4.06. The molecule has 0 bridgehead atoms. The molecule has 1 aliphatic heterocycles. The molecule has 4 rings (SSSR count). The first-order chi connectivity index (χ1) is 14.5. The van der Waals surface area contributed by atoms with Gasteiger partial charge in [-0.1, -0.05) is 42.5 Å². The van der Waals surface area contributed by atoms with Crippen molar-refractivity contribution in [2.75, 3.05) is 0 Å². The second-order valence-corrected chi connectivity index (χ2v) is 7.29. The van der Waals surface area contributed by atoms with Gasteiger partial charge in [0.05, 0.1) is 5.56 Å². The van der Waals surface area contributed by atoms with E-state index in [9.17, 15) is 15.0 Å². The van der Waals surface area contributed by atoms with Crippen molar-refractivity contribution < 1.29 is 19.7 Å². The average molecular weight is 398 g/mol. The van der Waals surface area contributed by atoms with Gasteiger partial charge in [-0.3, -0.25) is 0 Å². The maximum Gasteiger partial charge on any atom is 0.340 e. The average Bonchev–Trinajstić information content (AvgIpc) is 3.05. The van der Waals surface area contributed by atoms with Crippen molar-refractivity contribution in [3.05, 3.63) is 119 Å². The molecule has 4 nitrogen and oxygen atoms in total. The minimum absolute atomic E-state index is 0.157. The molecule has 0 saturated heterocycles. The molecule has 2 N–H and O–H groups in total. The number of hydrogen-bond donors (Lipinski definition) is 2. The minimum atomic E-state index is -1.19. The van der Waals surface area contributed by atoms with E-state index in [4.69, 9.17) is 4.74 Å². The Morgan fingerprint density at radius 2 is 1.37 bits per heavy atom. The number of hydrogen-bond acceptors (Lipinski definition) is 4. The van der Waals surface area contributed by atoms with Crippen molar-refractivity contribution in [1.29, 1.82) is 0 Å². The number of phenolic OH excluding ortho intramolecular Hbond substituents is 2. The van der Waals surface area contributed by atoms with Crippen LogP contribution in [0.5, 0.6) is 11.5 Å². The van der Waals surface area contributed by atoms with Crippen molar-refractivity contribution in [3.8, 4) is 11.5 Å². The Morgan fingerprint density at radius 3 is 1.90 bits per heavy atom. The molecule has 0 unspecified atom stereocenters. The van der Waals surface area contributed by atoms with Crippen LogP contribution in [0.15, 0.2) is 86.0 Å². The van der Waals surface area contributed by atoms with Crippen molar-refractivity contribution >= 4 is 5.97 Å². The molecular formula is C26H22O4. The third kappa shape index (κ3) is 2.98. The molecule has 3 aromatic rings. The summed E-state index contributed by atoms with van der Waals surface area (Å²) in [5, 5.41) is 20.5. The Labute approximate surface area is 175 Å². The molecule has 4 heteroatoms. The van der Waals surface area contributed by atoms with E-state index in [0.29, 0.717) is 40.7 Å². The highest BCUT2D eigenvalue weighted by atomic mass is 16.6. The smallest absolute Gasteiger partial charge is 0.340 e. The summed E-state index contributed by atoms with van der Waals surface area (Å²) in [6, 6.07) is 17.7. The summed E-state index contributed by atoms with van der Waals surface area (Å²) in [6.07, 6.45) is 4.37. The summed E-state index contributed by atoms with van der Waals surface area (Å²) in [6.45, 7) is 7.51. The second-order valence-electron chi connectivity index (χ2n) is 7.29. The van der Waals surface area contributed by atoms with Gasteiger partial charge in [0.25, 0.3) is 0 Å². The Kier molecular flexibility index (Phi) is 4.92. The molecule has 150 valence electrons. The number of cyclic esters (lactones) is 1. The molecule has 1 aliphatic rings. The van der Waals surface area contributed by atoms with Crippen molar-refractivity contribution in [2.45, 2.75) is 18.4 Å². The summed E-state index contributed by atoms with van der Waals surface area (Å²) in [5.41, 5.74) is 2.83. The predicted octanol–water partition coefficient (Wildman–Crippen LogP) is 5.02. The molecule has 0 amide bonds. The van der Waals surface area contributed by atoms with Crippen molar-refractivity contribution in [3.63, 3.8) is 0 Å². The predicted molar refractivity (Wildman–Crippen MR) is 116 cm³/mol. The van der Waals surface area contributed by atoms with Gasteiger partial charge in [0.15, 0.2) is 5.60 Å². The van der Waals surface area contributed by atoms with Crippen LogP contribution in [0.1, 0.15) is 38.2 Å². The van der Waals surface area contributed by atoms with Crippen LogP contribution < -0.4 is 0 Å². The summed E-state index contributed by atoms with van der Waals surface area (Å²) >= 11 is 0. The number of esters is 1. The van der Waals surface area contributed by atoms with Crippen LogP contribution in [0.4, 0.5) is 0 Å². The lowest BCUT2D eigenvalue weighted by Crippen LogP contribution is -2.29. The van der Waals surface area contributed by atoms with Crippen LogP contribution in [-0.2, 0) is 23.2 Å². The Morgan fingerprint density at radius 1 is 0.833 bits per heavy atom. The van der Waals surface area contributed by atoms with E-state index in [2.05, 4.69) is 13.2 Å². The van der Waals surface area contributed by atoms with E-state index in [1.165, 1.54) is 0 Å². The summed E-state index contributed by atoms with van der Waals surface area (Å²) < 4.78 is 6.08. The number of phenols is 2. The molecule has 1 heterocycles. The first kappa shape index (κ1) is 19.5. The zero-order valence-electron chi connectivity index (χ0n) is 16.5. The molecule has 0 saturated carbocycles. The van der Waals surface area contributed by atoms with Crippen molar-refractivity contribution in [1.82, 2.24) is 0 Å². The molecule has 0 spiro atoms. The number of benzene rings is 3. The summed E-state index contributed by atoms with van der Waals surface area (Å²) in [5.74, 6) is -0.101. The normalized spacial score (nSPS) is 14.1. The first-order valence-corrected chi connectivity index (χ1v) is 9.70. The van der Waals surface area contributed by atoms with Gasteiger partial charge in [-0.05, 0) is 54.3 Å². The topological polar surface area (TPSA) is 66.8 Å². The largest absolute Gasteiger partial charge is 0.508 e. The second kappa shape index (κ2) is 7.56. The van der Waals surface area contributed by atoms with Crippen LogP contribution in [0.25, 0.3) is 0 Å². The number of ether oxygens (including phenoxy) is 1. The zero-order valence-corrected chi connectivity index (χ0v) is 16.5. The highest BCUT2D eigenvalue weighted by molar-refractivity contribution is 5.96. The number of fused-ring (bicyclic) bond motifs is 1. The Hall–Kier alpha value is -3.79. The molecule has 30 heavy (non-hydrogen) atoms. The third-order valence-electron chi connectivity index (χ3n) is 5.47. The number of carbonyl (C=O) groups is 1. The van der Waals surface area contributed by atoms with Gasteiger partial charge < -0.3 is 14.9 Å². The third-order valence-corrected chi connectivity index (χ3v) is 5.47. The van der Waals surface area contributed by atoms with Crippen LogP contribution in [0.3, 0.4) is 0 Å². The molecular weight excluding hydrogens is 376 g/mol. The fourth-order valence-corrected chi connectivity index (χ4v) is 4.06. The molecule has 0 aromatic heterocycles. The van der Waals surface area contributed by atoms with Crippen molar-refractivity contribution in [2.24, 2.45) is 0 Å². The molecule has 0 fully saturated rings. The van der Waals surface area contributed by atoms with E-state index < -0.39 is 11.6 Å². The SMILES string of the molecule is C=CCc1cc(C2(c3ccc(O)c(CC=C)c3)OC(=O)c3ccccc32)ccc1O. The quantitative estimate of drug-likeness (QED) is 0.452. The number of allylic oxidation sites excluding steroid dienone is 2. The lowest BCUT2D eigenvalue weighted by atomic mass is 9.78. The lowest BCUT2D eigenvalue weighted by Gasteiger charge is -2.31. The van der Waals surface area contributed by atoms with E-state index in [-0.39, 0.29) is 11.5 Å². The van der Waals surface area contributed by atoms with Gasteiger partial charge in [-0.25, -0.2) is 4.79 Å². The molecule has 0 radical (unpaired) electrons. The van der Waals surface area contributed by atoms with Crippen LogP contribution >= 0.6 is 0 Å². The lowest BCUT2D eigenvalue weighted by molar-refractivity contribution is 0.0251. The van der Waals surface area contributed by atoms with Crippen LogP contribution in [0, 0.1) is 0 Å². The van der Waals surface area contributed by atoms with Gasteiger partial charge in [0.1, 0.15) is 11.5 Å². The molecule has 3 aromatic carbocycles. The van der Waals surface area contributed by atoms with Gasteiger partial charge in [-0.2, -0.15) is 0 Å². The molecule has 0 atom stereocenters. The minimum Gasteiger partial charge on any atom is -0.508 e. The van der Waals surface area contributed by atoms with Gasteiger partial charge in [-0.15, -0.1) is 13.2 Å². The van der Waals surface area contributed by atoms with E-state index in [0.717, 1.165) is 5.56 Å². The summed E-state index contributed by atoms with van der Waals surface area (Å²) in [7, 11) is 0. The first-order valence-electron chi connectivity index (χ1n) is 9.70. The maximum atomic E-state index is 12.8. The highest BCUT2D eigenvalue weighted by Crippen LogP contribution is 2.48. The number of rotatable bonds is 6. The van der Waals surface area contributed by atoms with E-state index in [1.807, 2.05) is 24.3 Å². The number of aromatic hydroxyl groups is 2. The maximum absolute atomic E-state index is 12.8. The van der Waals surface area contributed by atoms with E-state index >= 15 is 0 Å². The van der Waals surface area contributed by atoms with Crippen LogP contribution in [-0.4, -0.2) is 16.2 Å². The fraction of sp³-hybridized carbons (Fsp3) is 0.115. The Balaban J connectivity index is 2.03. The zero-order chi connectivity index (χ0) is 21.3. The number of carbonyl (C=O) groups excluding carboxylic acids is 1. The summed E-state index contributed by atoms with van der Waals surface area (Å²) in [4.78, 5) is 12.8. The Bertz CT molecular complexity index is 1100. The van der Waals surface area contributed by atoms with Crippen LogP contribution in [0.2, 0.25) is 0 Å². The van der Waals surface area contributed by atoms with Gasteiger partial charge in [0.2, 0.25) is 0 Å². The van der Waals surface area contributed by atoms with Gasteiger partial charge >= 0.3 is 5.97 Å². The van der Waals surface area contributed by atoms with E-state index in [1.54, 1.807) is 48.6 Å². The monoisotopic (exact) mass is 398 g/mol. The molecule has 0 aliphatic carbocycles. The van der Waals surface area contributed by atoms with Gasteiger partial charge in [0, 0.05) is 16.7 Å².